The minimum atomic E-state index is 0.212. The molecule has 5 unspecified atom stereocenters. The van der Waals surface area contributed by atoms with Crippen LogP contribution in [0.1, 0.15) is 59.6 Å². The van der Waals surface area contributed by atoms with Gasteiger partial charge in [0.05, 0.1) is 6.04 Å². The highest BCUT2D eigenvalue weighted by Gasteiger charge is 2.53. The van der Waals surface area contributed by atoms with Gasteiger partial charge in [0, 0.05) is 37.4 Å². The van der Waals surface area contributed by atoms with Crippen molar-refractivity contribution in [3.8, 4) is 0 Å². The summed E-state index contributed by atoms with van der Waals surface area (Å²) < 4.78 is 0. The molecule has 4 aliphatic rings. The second-order valence-corrected chi connectivity index (χ2v) is 10.00. The number of carbonyl (C=O) groups is 1. The molecule has 0 radical (unpaired) electrons. The molecule has 162 valence electrons. The summed E-state index contributed by atoms with van der Waals surface area (Å²) in [5, 5.41) is 3.90. The minimum Gasteiger partial charge on any atom is -0.378 e. The molecular weight excluding hydrogens is 382 g/mol. The Morgan fingerprint density at radius 3 is 2.55 bits per heavy atom. The van der Waals surface area contributed by atoms with Crippen LogP contribution < -0.4 is 5.32 Å². The Kier molecular flexibility index (Phi) is 4.79. The van der Waals surface area contributed by atoms with Crippen molar-refractivity contribution in [3.63, 3.8) is 0 Å². The van der Waals surface area contributed by atoms with Crippen LogP contribution in [-0.4, -0.2) is 48.4 Å². The molecule has 2 aliphatic heterocycles. The molecule has 1 amide bonds. The number of benzene rings is 2. The summed E-state index contributed by atoms with van der Waals surface area (Å²) in [7, 11) is 0. The Labute approximate surface area is 185 Å². The number of amides is 1. The van der Waals surface area contributed by atoms with Gasteiger partial charge in [-0.05, 0) is 78.8 Å². The van der Waals surface area contributed by atoms with Crippen molar-refractivity contribution >= 4 is 11.6 Å². The van der Waals surface area contributed by atoms with E-state index in [1.807, 2.05) is 0 Å². The van der Waals surface area contributed by atoms with Crippen LogP contribution in [0.2, 0.25) is 0 Å². The van der Waals surface area contributed by atoms with E-state index in [-0.39, 0.29) is 5.91 Å². The quantitative estimate of drug-likeness (QED) is 0.785. The van der Waals surface area contributed by atoms with E-state index >= 15 is 0 Å². The van der Waals surface area contributed by atoms with E-state index in [0.717, 1.165) is 50.1 Å². The zero-order valence-electron chi connectivity index (χ0n) is 18.5. The second-order valence-electron chi connectivity index (χ2n) is 10.00. The van der Waals surface area contributed by atoms with Crippen LogP contribution in [0.5, 0.6) is 0 Å². The maximum Gasteiger partial charge on any atom is 0.253 e. The van der Waals surface area contributed by atoms with Crippen LogP contribution in [0.4, 0.5) is 5.69 Å². The third kappa shape index (κ3) is 3.18. The topological polar surface area (TPSA) is 35.6 Å². The molecule has 5 atom stereocenters. The first kappa shape index (κ1) is 19.4. The first-order chi connectivity index (χ1) is 15.2. The first-order valence-corrected chi connectivity index (χ1v) is 12.2. The monoisotopic (exact) mass is 415 g/mol. The van der Waals surface area contributed by atoms with Crippen molar-refractivity contribution in [2.75, 3.05) is 38.0 Å². The summed E-state index contributed by atoms with van der Waals surface area (Å²) in [6.07, 6.45) is 4.08. The van der Waals surface area contributed by atoms with Crippen LogP contribution in [0.25, 0.3) is 0 Å². The predicted molar refractivity (Wildman–Crippen MR) is 124 cm³/mol. The van der Waals surface area contributed by atoms with Gasteiger partial charge in [-0.25, -0.2) is 0 Å². The van der Waals surface area contributed by atoms with E-state index in [0.29, 0.717) is 17.9 Å². The Balaban J connectivity index is 1.32. The smallest absolute Gasteiger partial charge is 0.253 e. The molecule has 1 saturated heterocycles. The Bertz CT molecular complexity index is 966. The molecule has 4 heteroatoms. The SMILES string of the molecule is CCN1CCN(C(=O)c2ccc3c(c2)C2C4CCC(C4)C2C(c2ccccc2)N3)CC1. The van der Waals surface area contributed by atoms with Crippen molar-refractivity contribution in [2.24, 2.45) is 17.8 Å². The summed E-state index contributed by atoms with van der Waals surface area (Å²) >= 11 is 0. The zero-order chi connectivity index (χ0) is 20.9. The third-order valence-corrected chi connectivity index (χ3v) is 8.60. The van der Waals surface area contributed by atoms with Gasteiger partial charge in [0.1, 0.15) is 0 Å². The molecule has 1 N–H and O–H groups in total. The fourth-order valence-corrected chi connectivity index (χ4v) is 7.06. The molecule has 2 heterocycles. The number of likely N-dealkylation sites (N-methyl/N-ethyl adjacent to an activating group) is 1. The lowest BCUT2D eigenvalue weighted by Gasteiger charge is -2.43. The van der Waals surface area contributed by atoms with Crippen LogP contribution >= 0.6 is 0 Å². The number of anilines is 1. The first-order valence-electron chi connectivity index (χ1n) is 12.2. The highest BCUT2D eigenvalue weighted by molar-refractivity contribution is 5.95. The molecule has 31 heavy (non-hydrogen) atoms. The average molecular weight is 416 g/mol. The molecule has 2 aromatic rings. The number of hydrogen-bond acceptors (Lipinski definition) is 3. The Morgan fingerprint density at radius 2 is 1.77 bits per heavy atom. The molecular formula is C27H33N3O. The number of rotatable bonds is 3. The van der Waals surface area contributed by atoms with Crippen molar-refractivity contribution in [2.45, 2.75) is 38.1 Å². The number of piperazine rings is 1. The van der Waals surface area contributed by atoms with Crippen molar-refractivity contribution in [1.29, 1.82) is 0 Å². The number of carbonyl (C=O) groups excluding carboxylic acids is 1. The fourth-order valence-electron chi connectivity index (χ4n) is 7.06. The number of hydrogen-bond donors (Lipinski definition) is 1. The largest absolute Gasteiger partial charge is 0.378 e. The van der Waals surface area contributed by atoms with E-state index in [1.165, 1.54) is 36.1 Å². The summed E-state index contributed by atoms with van der Waals surface area (Å²) in [5.41, 5.74) is 4.94. The molecule has 2 bridgehead atoms. The van der Waals surface area contributed by atoms with Gasteiger partial charge in [0.25, 0.3) is 5.91 Å². The Morgan fingerprint density at radius 1 is 1.00 bits per heavy atom. The standard InChI is InChI=1S/C27H33N3O/c1-2-29-12-14-30(15-13-29)27(31)21-10-11-23-22(17-21)24-19-8-9-20(16-19)25(24)26(28-23)18-6-4-3-5-7-18/h3-7,10-11,17,19-20,24-26,28H,2,8-9,12-16H2,1H3. The molecule has 2 aromatic carbocycles. The summed E-state index contributed by atoms with van der Waals surface area (Å²) in [6.45, 7) is 6.93. The van der Waals surface area contributed by atoms with Gasteiger partial charge in [-0.2, -0.15) is 0 Å². The zero-order valence-corrected chi connectivity index (χ0v) is 18.5. The van der Waals surface area contributed by atoms with Crippen LogP contribution in [0.15, 0.2) is 48.5 Å². The molecule has 6 rings (SSSR count). The summed E-state index contributed by atoms with van der Waals surface area (Å²) in [6, 6.07) is 17.9. The van der Waals surface area contributed by atoms with Gasteiger partial charge in [-0.1, -0.05) is 37.3 Å². The van der Waals surface area contributed by atoms with E-state index in [9.17, 15) is 4.79 Å². The van der Waals surface area contributed by atoms with Gasteiger partial charge in [-0.15, -0.1) is 0 Å². The maximum absolute atomic E-state index is 13.3. The maximum atomic E-state index is 13.3. The molecule has 0 aromatic heterocycles. The number of fused-ring (bicyclic) bond motifs is 7. The van der Waals surface area contributed by atoms with E-state index in [1.54, 1.807) is 0 Å². The van der Waals surface area contributed by atoms with Gasteiger partial charge >= 0.3 is 0 Å². The Hall–Kier alpha value is -2.33. The van der Waals surface area contributed by atoms with E-state index < -0.39 is 0 Å². The fraction of sp³-hybridized carbons (Fsp3) is 0.519. The van der Waals surface area contributed by atoms with Gasteiger partial charge in [-0.3, -0.25) is 4.79 Å². The normalized spacial score (nSPS) is 31.8. The lowest BCUT2D eigenvalue weighted by molar-refractivity contribution is 0.0643. The van der Waals surface area contributed by atoms with Gasteiger partial charge < -0.3 is 15.1 Å². The highest BCUT2D eigenvalue weighted by atomic mass is 16.2. The van der Waals surface area contributed by atoms with E-state index in [2.05, 4.69) is 70.6 Å². The van der Waals surface area contributed by atoms with Crippen molar-refractivity contribution < 1.29 is 4.79 Å². The van der Waals surface area contributed by atoms with Gasteiger partial charge in [0.15, 0.2) is 0 Å². The minimum absolute atomic E-state index is 0.212. The van der Waals surface area contributed by atoms with E-state index in [4.69, 9.17) is 0 Å². The summed E-state index contributed by atoms with van der Waals surface area (Å²) in [5.74, 6) is 3.03. The summed E-state index contributed by atoms with van der Waals surface area (Å²) in [4.78, 5) is 17.8. The van der Waals surface area contributed by atoms with Crippen LogP contribution in [0.3, 0.4) is 0 Å². The molecule has 2 saturated carbocycles. The molecule has 0 spiro atoms. The predicted octanol–water partition coefficient (Wildman–Crippen LogP) is 4.76. The van der Waals surface area contributed by atoms with Crippen molar-refractivity contribution in [1.82, 2.24) is 9.80 Å². The van der Waals surface area contributed by atoms with Gasteiger partial charge in [0.2, 0.25) is 0 Å². The molecule has 3 fully saturated rings. The number of nitrogens with one attached hydrogen (secondary N) is 1. The van der Waals surface area contributed by atoms with Crippen LogP contribution in [0, 0.1) is 17.8 Å². The average Bonchev–Trinajstić information content (AvgIpc) is 3.46. The number of nitrogens with zero attached hydrogens (tertiary/aromatic N) is 2. The second kappa shape index (κ2) is 7.67. The lowest BCUT2D eigenvalue weighted by atomic mass is 9.68. The highest BCUT2D eigenvalue weighted by Crippen LogP contribution is 2.63. The molecule has 2 aliphatic carbocycles. The lowest BCUT2D eigenvalue weighted by Crippen LogP contribution is -2.48. The third-order valence-electron chi connectivity index (χ3n) is 8.60. The van der Waals surface area contributed by atoms with Crippen LogP contribution in [-0.2, 0) is 0 Å². The molecule has 4 nitrogen and oxygen atoms in total. The van der Waals surface area contributed by atoms with Crippen molar-refractivity contribution in [3.05, 3.63) is 65.2 Å².